The van der Waals surface area contributed by atoms with Crippen LogP contribution in [0.1, 0.15) is 19.3 Å². The molecule has 7 rings (SSSR count). The van der Waals surface area contributed by atoms with Gasteiger partial charge in [0.25, 0.3) is 0 Å². The fourth-order valence-electron chi connectivity index (χ4n) is 5.93. The largest absolute Gasteiger partial charge is 0.326 e. The Morgan fingerprint density at radius 2 is 1.15 bits per heavy atom. The fraction of sp³-hybridized carbons (Fsp3) is 0.154. The zero-order valence-corrected chi connectivity index (χ0v) is 28.8. The second-order valence-electron chi connectivity index (χ2n) is 12.5. The average molecular weight is 708 g/mol. The summed E-state index contributed by atoms with van der Waals surface area (Å²) in [4.78, 5) is 39.3. The van der Waals surface area contributed by atoms with E-state index < -0.39 is 6.03 Å². The number of amides is 4. The van der Waals surface area contributed by atoms with Gasteiger partial charge in [0.15, 0.2) is 0 Å². The van der Waals surface area contributed by atoms with E-state index in [1.807, 2.05) is 79.0 Å². The minimum atomic E-state index is -0.418. The minimum Gasteiger partial charge on any atom is -0.326 e. The summed E-state index contributed by atoms with van der Waals surface area (Å²) < 4.78 is 3.29. The van der Waals surface area contributed by atoms with Gasteiger partial charge in [-0.2, -0.15) is 0 Å². The number of hydrogen-bond donors (Lipinski definition) is 4. The number of nitrogens with zero attached hydrogens (tertiary/aromatic N) is 7. The second kappa shape index (κ2) is 16.0. The Hall–Kier alpha value is -6.93. The Morgan fingerprint density at radius 1 is 0.642 bits per heavy atom. The normalized spacial score (nSPS) is 12.6. The Labute approximate surface area is 305 Å². The smallest absolute Gasteiger partial charge is 0.323 e. The van der Waals surface area contributed by atoms with E-state index >= 15 is 0 Å². The van der Waals surface area contributed by atoms with E-state index in [2.05, 4.69) is 53.4 Å². The maximum absolute atomic E-state index is 13.0. The van der Waals surface area contributed by atoms with Gasteiger partial charge in [0, 0.05) is 46.8 Å². The summed E-state index contributed by atoms with van der Waals surface area (Å²) in [6, 6.07) is 28.8. The summed E-state index contributed by atoms with van der Waals surface area (Å²) in [6.45, 7) is 6.39. The predicted octanol–water partition coefficient (Wildman–Crippen LogP) is 6.37. The molecule has 2 aromatic heterocycles. The molecule has 4 amide bonds. The van der Waals surface area contributed by atoms with Gasteiger partial charge in [-0.1, -0.05) is 41.3 Å². The van der Waals surface area contributed by atoms with E-state index in [1.54, 1.807) is 39.8 Å². The number of hydrogen-bond acceptors (Lipinski definition) is 8. The van der Waals surface area contributed by atoms with Crippen LogP contribution in [0.4, 0.5) is 27.5 Å². The lowest BCUT2D eigenvalue weighted by molar-refractivity contribution is -0.116. The zero-order valence-electron chi connectivity index (χ0n) is 28.8. The first-order chi connectivity index (χ1) is 25.9. The molecule has 14 heteroatoms. The molecule has 14 nitrogen and oxygen atoms in total. The number of nitrogens with one attached hydrogen (secondary N) is 4. The topological polar surface area (TPSA) is 164 Å². The van der Waals surface area contributed by atoms with Gasteiger partial charge in [-0.15, -0.1) is 10.2 Å². The Morgan fingerprint density at radius 3 is 1.66 bits per heavy atom. The first-order valence-corrected chi connectivity index (χ1v) is 17.2. The van der Waals surface area contributed by atoms with Crippen molar-refractivity contribution in [2.24, 2.45) is 0 Å². The highest BCUT2D eigenvalue weighted by molar-refractivity contribution is 6.00. The van der Waals surface area contributed by atoms with E-state index in [-0.39, 0.29) is 11.8 Å². The summed E-state index contributed by atoms with van der Waals surface area (Å²) in [5.74, 6) is -0.286. The summed E-state index contributed by atoms with van der Waals surface area (Å²) >= 11 is 0. The van der Waals surface area contributed by atoms with Gasteiger partial charge in [-0.25, -0.2) is 14.2 Å². The van der Waals surface area contributed by atoms with Crippen molar-refractivity contribution >= 4 is 40.6 Å². The van der Waals surface area contributed by atoms with E-state index in [9.17, 15) is 14.4 Å². The van der Waals surface area contributed by atoms with Crippen molar-refractivity contribution < 1.29 is 14.4 Å². The van der Waals surface area contributed by atoms with Crippen LogP contribution in [0.15, 0.2) is 122 Å². The molecule has 0 radical (unpaired) electrons. The molecule has 6 aromatic rings. The van der Waals surface area contributed by atoms with Crippen LogP contribution in [0.25, 0.3) is 33.9 Å². The van der Waals surface area contributed by atoms with Crippen LogP contribution in [0.5, 0.6) is 0 Å². The third-order valence-corrected chi connectivity index (χ3v) is 8.67. The molecule has 0 aliphatic carbocycles. The lowest BCUT2D eigenvalue weighted by atomic mass is 10.1. The number of aromatic nitrogens is 6. The Balaban J connectivity index is 0.938. The average Bonchev–Trinajstić information content (AvgIpc) is 3.98. The van der Waals surface area contributed by atoms with Crippen molar-refractivity contribution in [1.82, 2.24) is 34.9 Å². The number of carbonyl (C=O) groups excluding carboxylic acids is 3. The first-order valence-electron chi connectivity index (χ1n) is 17.2. The highest BCUT2D eigenvalue weighted by Crippen LogP contribution is 2.24. The summed E-state index contributed by atoms with van der Waals surface area (Å²) in [6.07, 6.45) is 7.69. The molecule has 53 heavy (non-hydrogen) atoms. The molecule has 4 aromatic carbocycles. The summed E-state index contributed by atoms with van der Waals surface area (Å²) in [5, 5.41) is 28.6. The number of urea groups is 1. The lowest BCUT2D eigenvalue weighted by Crippen LogP contribution is -2.25. The van der Waals surface area contributed by atoms with Crippen molar-refractivity contribution in [3.05, 3.63) is 122 Å². The van der Waals surface area contributed by atoms with Gasteiger partial charge < -0.3 is 26.2 Å². The van der Waals surface area contributed by atoms with Gasteiger partial charge >= 0.3 is 6.03 Å². The number of benzene rings is 4. The van der Waals surface area contributed by atoms with Crippen LogP contribution in [0.2, 0.25) is 0 Å². The number of likely N-dealkylation sites (tertiary alicyclic amines) is 1. The molecule has 1 fully saturated rings. The van der Waals surface area contributed by atoms with E-state index in [1.165, 1.54) is 18.9 Å². The molecule has 0 saturated carbocycles. The van der Waals surface area contributed by atoms with Crippen LogP contribution < -0.4 is 21.3 Å². The highest BCUT2D eigenvalue weighted by Gasteiger charge is 2.14. The molecule has 0 atom stereocenters. The van der Waals surface area contributed by atoms with Crippen LogP contribution >= 0.6 is 0 Å². The van der Waals surface area contributed by atoms with E-state index in [0.717, 1.165) is 47.8 Å². The molecule has 4 N–H and O–H groups in total. The fourth-order valence-corrected chi connectivity index (χ4v) is 5.93. The monoisotopic (exact) mass is 707 g/mol. The van der Waals surface area contributed by atoms with Gasteiger partial charge in [0.1, 0.15) is 11.4 Å². The van der Waals surface area contributed by atoms with Crippen molar-refractivity contribution in [1.29, 1.82) is 0 Å². The minimum absolute atomic E-state index is 0.00250. The molecule has 0 spiro atoms. The van der Waals surface area contributed by atoms with E-state index in [4.69, 9.17) is 0 Å². The molecular formula is C39H37N11O3. The maximum Gasteiger partial charge on any atom is 0.323 e. The predicted molar refractivity (Wildman–Crippen MR) is 204 cm³/mol. The highest BCUT2D eigenvalue weighted by atomic mass is 16.2. The number of carbonyl (C=O) groups is 3. The molecule has 0 unspecified atom stereocenters. The van der Waals surface area contributed by atoms with Crippen molar-refractivity contribution in [2.75, 3.05) is 40.9 Å². The Bertz CT molecular complexity index is 2240. The molecular weight excluding hydrogens is 671 g/mol. The zero-order chi connectivity index (χ0) is 36.6. The van der Waals surface area contributed by atoms with Gasteiger partial charge in [0.2, 0.25) is 11.8 Å². The molecule has 1 aliphatic rings. The van der Waals surface area contributed by atoms with Crippen molar-refractivity contribution in [3.63, 3.8) is 0 Å². The third-order valence-electron chi connectivity index (χ3n) is 8.67. The summed E-state index contributed by atoms with van der Waals surface area (Å²) in [7, 11) is 0. The van der Waals surface area contributed by atoms with Crippen LogP contribution in [0, 0.1) is 0 Å². The molecule has 1 aliphatic heterocycles. The maximum atomic E-state index is 13.0. The summed E-state index contributed by atoms with van der Waals surface area (Å²) in [5.41, 5.74) is 6.86. The molecule has 0 bridgehead atoms. The molecule has 1 saturated heterocycles. The van der Waals surface area contributed by atoms with Crippen LogP contribution in [-0.2, 0) is 9.59 Å². The molecule has 3 heterocycles. The van der Waals surface area contributed by atoms with Crippen LogP contribution in [0.3, 0.4) is 0 Å². The third kappa shape index (κ3) is 8.87. The van der Waals surface area contributed by atoms with Gasteiger partial charge in [-0.05, 0) is 105 Å². The number of rotatable bonds is 12. The quantitative estimate of drug-likeness (QED) is 0.107. The molecule has 266 valence electrons. The van der Waals surface area contributed by atoms with E-state index in [0.29, 0.717) is 34.9 Å². The second-order valence-corrected chi connectivity index (χ2v) is 12.5. The van der Waals surface area contributed by atoms with Gasteiger partial charge in [0.05, 0.1) is 23.8 Å². The SMILES string of the molecule is C=CC(=O)Nc1ccc(-n2cc(-c3cccc(NC(=O)Nc4cccc(-c5cn(-c6ccc(NC(=O)CCN7CCCC7)cc6)nn5)c4)c3)nn2)cc1. The number of anilines is 4. The first kappa shape index (κ1) is 34.5. The standard InChI is InChI=1S/C39H37N11O3/c1-2-37(51)40-29-11-15-33(16-12-29)49-25-35(44-46-49)27-7-5-9-31(23-27)42-39(53)43-32-10-6-8-28(24-32)36-26-50(47-45-36)34-17-13-30(14-18-34)41-38(52)19-22-48-20-3-4-21-48/h2,5-18,23-26H,1,3-4,19-22H2,(H,40,51)(H,41,52)(H2,42,43,53). The van der Waals surface area contributed by atoms with Crippen molar-refractivity contribution in [2.45, 2.75) is 19.3 Å². The van der Waals surface area contributed by atoms with Gasteiger partial charge in [-0.3, -0.25) is 9.59 Å². The lowest BCUT2D eigenvalue weighted by Gasteiger charge is -2.14. The van der Waals surface area contributed by atoms with Crippen molar-refractivity contribution in [3.8, 4) is 33.9 Å². The Kier molecular flexibility index (Phi) is 10.4. The van der Waals surface area contributed by atoms with Crippen LogP contribution in [-0.4, -0.2) is 72.4 Å².